The van der Waals surface area contributed by atoms with Crippen molar-refractivity contribution >= 4 is 17.3 Å². The molecule has 0 radical (unpaired) electrons. The first-order valence-electron chi connectivity index (χ1n) is 6.54. The lowest BCUT2D eigenvalue weighted by molar-refractivity contribution is -0.384. The van der Waals surface area contributed by atoms with E-state index in [-0.39, 0.29) is 11.6 Å². The topological polar surface area (TPSA) is 87.5 Å². The Morgan fingerprint density at radius 2 is 2.20 bits per heavy atom. The maximum Gasteiger partial charge on any atom is 0.269 e. The fraction of sp³-hybridized carbons (Fsp3) is 0.462. The molecule has 7 nitrogen and oxygen atoms in total. The number of anilines is 1. The molecule has 1 saturated heterocycles. The monoisotopic (exact) mass is 278 g/mol. The molecule has 1 fully saturated rings. The van der Waals surface area contributed by atoms with E-state index < -0.39 is 4.92 Å². The van der Waals surface area contributed by atoms with E-state index in [0.29, 0.717) is 18.3 Å². The van der Waals surface area contributed by atoms with Crippen molar-refractivity contribution in [3.05, 3.63) is 34.4 Å². The lowest BCUT2D eigenvalue weighted by Gasteiger charge is -2.31. The Labute approximate surface area is 117 Å². The van der Waals surface area contributed by atoms with E-state index >= 15 is 0 Å². The van der Waals surface area contributed by atoms with Crippen LogP contribution in [0.1, 0.15) is 6.92 Å². The Balaban J connectivity index is 1.86. The van der Waals surface area contributed by atoms with Crippen molar-refractivity contribution in [2.45, 2.75) is 13.0 Å². The molecule has 0 unspecified atom stereocenters. The number of nitrogens with zero attached hydrogens (tertiary/aromatic N) is 2. The van der Waals surface area contributed by atoms with Gasteiger partial charge in [-0.3, -0.25) is 19.8 Å². The Morgan fingerprint density at radius 3 is 2.80 bits per heavy atom. The molecule has 2 rings (SSSR count). The van der Waals surface area contributed by atoms with Crippen molar-refractivity contribution in [2.24, 2.45) is 0 Å². The van der Waals surface area contributed by atoms with Gasteiger partial charge in [0.1, 0.15) is 0 Å². The summed E-state index contributed by atoms with van der Waals surface area (Å²) in [6, 6.07) is 6.22. The van der Waals surface area contributed by atoms with Gasteiger partial charge in [-0.2, -0.15) is 0 Å². The number of rotatable bonds is 4. The molecule has 7 heteroatoms. The van der Waals surface area contributed by atoms with Gasteiger partial charge in [0.2, 0.25) is 5.91 Å². The van der Waals surface area contributed by atoms with E-state index in [0.717, 1.165) is 19.6 Å². The lowest BCUT2D eigenvalue weighted by Crippen LogP contribution is -2.51. The molecule has 1 heterocycles. The molecule has 0 spiro atoms. The van der Waals surface area contributed by atoms with Crippen LogP contribution < -0.4 is 10.6 Å². The molecular formula is C13H18N4O3. The third kappa shape index (κ3) is 4.01. The zero-order valence-electron chi connectivity index (χ0n) is 11.3. The van der Waals surface area contributed by atoms with E-state index in [1.165, 1.54) is 24.3 Å². The number of carbonyl (C=O) groups is 1. The first-order valence-corrected chi connectivity index (χ1v) is 6.54. The molecule has 0 aromatic heterocycles. The molecule has 0 saturated carbocycles. The predicted octanol–water partition coefficient (Wildman–Crippen LogP) is 0.827. The van der Waals surface area contributed by atoms with E-state index in [1.54, 1.807) is 0 Å². The summed E-state index contributed by atoms with van der Waals surface area (Å²) in [7, 11) is 0. The summed E-state index contributed by atoms with van der Waals surface area (Å²) in [5.41, 5.74) is 0.586. The van der Waals surface area contributed by atoms with Gasteiger partial charge in [0.05, 0.1) is 11.5 Å². The highest BCUT2D eigenvalue weighted by Gasteiger charge is 2.18. The van der Waals surface area contributed by atoms with Crippen LogP contribution in [0.4, 0.5) is 11.4 Å². The Morgan fingerprint density at radius 1 is 1.50 bits per heavy atom. The average Bonchev–Trinajstić information content (AvgIpc) is 2.39. The largest absolute Gasteiger partial charge is 0.325 e. The zero-order valence-corrected chi connectivity index (χ0v) is 11.3. The van der Waals surface area contributed by atoms with Crippen LogP contribution in [0.3, 0.4) is 0 Å². The van der Waals surface area contributed by atoms with Gasteiger partial charge in [-0.15, -0.1) is 0 Å². The van der Waals surface area contributed by atoms with Crippen LogP contribution in [0.25, 0.3) is 0 Å². The Bertz CT molecular complexity index is 489. The van der Waals surface area contributed by atoms with Crippen LogP contribution in [-0.2, 0) is 4.79 Å². The van der Waals surface area contributed by atoms with Crippen molar-refractivity contribution in [3.63, 3.8) is 0 Å². The minimum atomic E-state index is -0.465. The number of piperazine rings is 1. The number of carbonyl (C=O) groups excluding carboxylic acids is 1. The minimum absolute atomic E-state index is 0.0129. The van der Waals surface area contributed by atoms with Gasteiger partial charge in [0.15, 0.2) is 0 Å². The molecular weight excluding hydrogens is 260 g/mol. The number of non-ortho nitro benzene ring substituents is 1. The Kier molecular flexibility index (Phi) is 4.65. The summed E-state index contributed by atoms with van der Waals surface area (Å²) in [5.74, 6) is -0.104. The number of hydrogen-bond donors (Lipinski definition) is 2. The molecule has 1 aromatic carbocycles. The van der Waals surface area contributed by atoms with Crippen molar-refractivity contribution in [3.8, 4) is 0 Å². The molecule has 20 heavy (non-hydrogen) atoms. The Hall–Kier alpha value is -1.99. The van der Waals surface area contributed by atoms with Gasteiger partial charge in [-0.05, 0) is 19.1 Å². The highest BCUT2D eigenvalue weighted by Crippen LogP contribution is 2.15. The van der Waals surface area contributed by atoms with Gasteiger partial charge in [0.25, 0.3) is 5.69 Å². The predicted molar refractivity (Wildman–Crippen MR) is 75.6 cm³/mol. The van der Waals surface area contributed by atoms with Gasteiger partial charge in [0, 0.05) is 43.5 Å². The number of hydrogen-bond acceptors (Lipinski definition) is 5. The second-order valence-electron chi connectivity index (χ2n) is 4.94. The number of amides is 1. The third-order valence-corrected chi connectivity index (χ3v) is 3.18. The molecule has 1 atom stereocenters. The highest BCUT2D eigenvalue weighted by molar-refractivity contribution is 5.92. The number of nitro benzene ring substituents is 1. The maximum atomic E-state index is 11.9. The van der Waals surface area contributed by atoms with Crippen LogP contribution in [0.5, 0.6) is 0 Å². The second-order valence-corrected chi connectivity index (χ2v) is 4.94. The fourth-order valence-electron chi connectivity index (χ4n) is 2.23. The standard InChI is InChI=1S/C13H18N4O3/c1-10-8-16(7-6-14-10)9-13(18)15-11-2-4-12(5-3-11)17(19)20/h2-5,10,14H,6-9H2,1H3,(H,15,18)/t10-/m1/s1. The van der Waals surface area contributed by atoms with E-state index in [4.69, 9.17) is 0 Å². The lowest BCUT2D eigenvalue weighted by atomic mass is 10.2. The van der Waals surface area contributed by atoms with E-state index in [2.05, 4.69) is 22.5 Å². The highest BCUT2D eigenvalue weighted by atomic mass is 16.6. The van der Waals surface area contributed by atoms with Gasteiger partial charge in [-0.25, -0.2) is 0 Å². The normalized spacial score (nSPS) is 19.6. The van der Waals surface area contributed by atoms with Gasteiger partial charge >= 0.3 is 0 Å². The quantitative estimate of drug-likeness (QED) is 0.629. The molecule has 1 aromatic rings. The van der Waals surface area contributed by atoms with Crippen molar-refractivity contribution in [1.82, 2.24) is 10.2 Å². The van der Waals surface area contributed by atoms with Crippen molar-refractivity contribution in [2.75, 3.05) is 31.5 Å². The molecule has 1 amide bonds. The average molecular weight is 278 g/mol. The summed E-state index contributed by atoms with van der Waals surface area (Å²) in [6.45, 7) is 4.99. The molecule has 0 aliphatic carbocycles. The van der Waals surface area contributed by atoms with Crippen LogP contribution in [0.2, 0.25) is 0 Å². The molecule has 1 aliphatic heterocycles. The van der Waals surface area contributed by atoms with Crippen LogP contribution in [0.15, 0.2) is 24.3 Å². The number of benzene rings is 1. The first kappa shape index (κ1) is 14.4. The summed E-state index contributed by atoms with van der Waals surface area (Å²) in [6.07, 6.45) is 0. The minimum Gasteiger partial charge on any atom is -0.325 e. The molecule has 108 valence electrons. The number of nitro groups is 1. The molecule has 2 N–H and O–H groups in total. The maximum absolute atomic E-state index is 11.9. The van der Waals surface area contributed by atoms with Gasteiger partial charge in [-0.1, -0.05) is 0 Å². The molecule has 1 aliphatic rings. The summed E-state index contributed by atoms with van der Waals surface area (Å²) >= 11 is 0. The van der Waals surface area contributed by atoms with Crippen molar-refractivity contribution < 1.29 is 9.72 Å². The second kappa shape index (κ2) is 6.44. The summed E-state index contributed by atoms with van der Waals surface area (Å²) in [4.78, 5) is 24.1. The fourth-order valence-corrected chi connectivity index (χ4v) is 2.23. The van der Waals surface area contributed by atoms with Crippen LogP contribution in [-0.4, -0.2) is 48.0 Å². The van der Waals surface area contributed by atoms with Crippen LogP contribution in [0, 0.1) is 10.1 Å². The molecule has 0 bridgehead atoms. The SMILES string of the molecule is C[C@@H]1CN(CC(=O)Nc2ccc([N+](=O)[O-])cc2)CCN1. The summed E-state index contributed by atoms with van der Waals surface area (Å²) in [5, 5.41) is 16.6. The summed E-state index contributed by atoms with van der Waals surface area (Å²) < 4.78 is 0. The van der Waals surface area contributed by atoms with Gasteiger partial charge < -0.3 is 10.6 Å². The van der Waals surface area contributed by atoms with E-state index in [1.807, 2.05) is 0 Å². The van der Waals surface area contributed by atoms with Crippen LogP contribution >= 0.6 is 0 Å². The third-order valence-electron chi connectivity index (χ3n) is 3.18. The van der Waals surface area contributed by atoms with Crippen molar-refractivity contribution in [1.29, 1.82) is 0 Å². The smallest absolute Gasteiger partial charge is 0.269 e. The zero-order chi connectivity index (χ0) is 14.5. The van der Waals surface area contributed by atoms with E-state index in [9.17, 15) is 14.9 Å². The first-order chi connectivity index (χ1) is 9.54. The number of nitrogens with one attached hydrogen (secondary N) is 2.